The maximum atomic E-state index is 13.0. The number of aliphatic carboxylic acids is 1. The first-order valence-electron chi connectivity index (χ1n) is 12.4. The topological polar surface area (TPSA) is 300 Å². The summed E-state index contributed by atoms with van der Waals surface area (Å²) in [5.74, 6) is -4.14. The van der Waals surface area contributed by atoms with Gasteiger partial charge in [0, 0.05) is 13.1 Å². The number of rotatable bonds is 18. The van der Waals surface area contributed by atoms with Crippen LogP contribution in [0.4, 0.5) is 0 Å². The van der Waals surface area contributed by atoms with E-state index in [0.717, 1.165) is 0 Å². The molecule has 15 N–H and O–H groups in total. The lowest BCUT2D eigenvalue weighted by molar-refractivity contribution is -0.143. The number of hydrogen-bond acceptors (Lipinski definition) is 8. The fraction of sp³-hybridized carbons (Fsp3) is 0.727. The van der Waals surface area contributed by atoms with Gasteiger partial charge in [-0.3, -0.25) is 24.4 Å². The van der Waals surface area contributed by atoms with Crippen LogP contribution in [-0.2, 0) is 19.2 Å². The Morgan fingerprint density at radius 2 is 1.26 bits per heavy atom. The standard InChI is InChI=1S/C22H44N10O6/c1-4-11(2)15(18(35)30-14(20(37)38)8-6-10-29-22(26)27)31-19(36)16(12(3)33)32-17(34)13(23)7-5-9-28-21(24)25/h11-16,33H,4-10,23H2,1-3H3,(H,30,35)(H,31,36)(H,32,34)(H,37,38)(H4,24,25,28)(H4,26,27,29). The Hall–Kier alpha value is -3.66. The zero-order valence-electron chi connectivity index (χ0n) is 22.2. The van der Waals surface area contributed by atoms with E-state index in [1.54, 1.807) is 13.8 Å². The molecule has 6 atom stereocenters. The first kappa shape index (κ1) is 34.3. The molecule has 0 aliphatic carbocycles. The van der Waals surface area contributed by atoms with Crippen molar-refractivity contribution in [3.05, 3.63) is 0 Å². The van der Waals surface area contributed by atoms with E-state index in [9.17, 15) is 29.4 Å². The van der Waals surface area contributed by atoms with Crippen LogP contribution in [0, 0.1) is 5.92 Å². The van der Waals surface area contributed by atoms with E-state index in [1.165, 1.54) is 6.92 Å². The molecule has 3 amide bonds. The molecule has 0 saturated heterocycles. The third kappa shape index (κ3) is 13.6. The molecule has 0 radical (unpaired) electrons. The van der Waals surface area contributed by atoms with E-state index in [2.05, 4.69) is 25.9 Å². The molecule has 0 bridgehead atoms. The molecular weight excluding hydrogens is 500 g/mol. The number of aliphatic hydroxyl groups is 1. The van der Waals surface area contributed by atoms with Gasteiger partial charge in [0.25, 0.3) is 0 Å². The average molecular weight is 545 g/mol. The molecule has 0 fully saturated rings. The van der Waals surface area contributed by atoms with Gasteiger partial charge in [0.1, 0.15) is 18.1 Å². The van der Waals surface area contributed by atoms with Crippen molar-refractivity contribution in [2.75, 3.05) is 13.1 Å². The van der Waals surface area contributed by atoms with Crippen LogP contribution < -0.4 is 44.6 Å². The number of carboxylic acids is 1. The van der Waals surface area contributed by atoms with Gasteiger partial charge in [-0.25, -0.2) is 4.79 Å². The number of nitrogens with one attached hydrogen (secondary N) is 3. The summed E-state index contributed by atoms with van der Waals surface area (Å²) in [6.45, 7) is 5.22. The summed E-state index contributed by atoms with van der Waals surface area (Å²) in [6.07, 6.45) is 0.104. The minimum atomic E-state index is -1.42. The zero-order valence-corrected chi connectivity index (χ0v) is 22.2. The molecule has 0 aliphatic heterocycles. The van der Waals surface area contributed by atoms with Crippen LogP contribution in [0.5, 0.6) is 0 Å². The highest BCUT2D eigenvalue weighted by Gasteiger charge is 2.34. The number of aliphatic hydroxyl groups excluding tert-OH is 1. The van der Waals surface area contributed by atoms with Crippen molar-refractivity contribution in [2.45, 2.75) is 83.1 Å². The van der Waals surface area contributed by atoms with Crippen LogP contribution in [0.3, 0.4) is 0 Å². The second-order valence-electron chi connectivity index (χ2n) is 9.00. The number of carbonyl (C=O) groups excluding carboxylic acids is 3. The van der Waals surface area contributed by atoms with Gasteiger partial charge in [-0.2, -0.15) is 0 Å². The first-order chi connectivity index (χ1) is 17.7. The average Bonchev–Trinajstić information content (AvgIpc) is 2.83. The molecule has 0 saturated carbocycles. The number of hydrogen-bond donors (Lipinski definition) is 10. The molecule has 0 rings (SSSR count). The lowest BCUT2D eigenvalue weighted by atomic mass is 9.96. The molecule has 0 aromatic rings. The summed E-state index contributed by atoms with van der Waals surface area (Å²) < 4.78 is 0. The summed E-state index contributed by atoms with van der Waals surface area (Å²) in [7, 11) is 0. The summed E-state index contributed by atoms with van der Waals surface area (Å²) in [5.41, 5.74) is 26.9. The normalized spacial score (nSPS) is 15.5. The Morgan fingerprint density at radius 1 is 0.789 bits per heavy atom. The van der Waals surface area contributed by atoms with Crippen LogP contribution >= 0.6 is 0 Å². The Kier molecular flexibility index (Phi) is 16.0. The molecule has 16 heteroatoms. The van der Waals surface area contributed by atoms with E-state index in [1.807, 2.05) is 0 Å². The lowest BCUT2D eigenvalue weighted by Crippen LogP contribution is -2.61. The SMILES string of the molecule is CCC(C)C(NC(=O)C(NC(=O)C(N)CCCN=C(N)N)C(C)O)C(=O)NC(CCCN=C(N)N)C(=O)O. The zero-order chi connectivity index (χ0) is 29.4. The summed E-state index contributed by atoms with van der Waals surface area (Å²) in [6, 6.07) is -4.80. The second kappa shape index (κ2) is 17.7. The summed E-state index contributed by atoms with van der Waals surface area (Å²) >= 11 is 0. The van der Waals surface area contributed by atoms with Gasteiger partial charge in [0.15, 0.2) is 11.9 Å². The summed E-state index contributed by atoms with van der Waals surface area (Å²) in [5, 5.41) is 27.0. The second-order valence-corrected chi connectivity index (χ2v) is 9.00. The maximum absolute atomic E-state index is 13.0. The van der Waals surface area contributed by atoms with Crippen molar-refractivity contribution < 1.29 is 29.4 Å². The molecule has 0 aromatic heterocycles. The molecule has 0 heterocycles. The molecule has 38 heavy (non-hydrogen) atoms. The molecule has 218 valence electrons. The molecule has 0 spiro atoms. The Bertz CT molecular complexity index is 842. The van der Waals surface area contributed by atoms with Crippen molar-refractivity contribution in [3.8, 4) is 0 Å². The Morgan fingerprint density at radius 3 is 1.71 bits per heavy atom. The van der Waals surface area contributed by atoms with Gasteiger partial charge in [-0.05, 0) is 38.5 Å². The number of guanidine groups is 2. The minimum absolute atomic E-state index is 0.0481. The molecular formula is C22H44N10O6. The Labute approximate surface area is 222 Å². The highest BCUT2D eigenvalue weighted by atomic mass is 16.4. The van der Waals surface area contributed by atoms with E-state index in [4.69, 9.17) is 28.7 Å². The van der Waals surface area contributed by atoms with Gasteiger partial charge in [0.05, 0.1) is 12.1 Å². The monoisotopic (exact) mass is 544 g/mol. The predicted octanol–water partition coefficient (Wildman–Crippen LogP) is -3.61. The number of nitrogens with zero attached hydrogens (tertiary/aromatic N) is 2. The van der Waals surface area contributed by atoms with Gasteiger partial charge >= 0.3 is 5.97 Å². The highest BCUT2D eigenvalue weighted by Crippen LogP contribution is 2.11. The third-order valence-electron chi connectivity index (χ3n) is 5.72. The smallest absolute Gasteiger partial charge is 0.326 e. The van der Waals surface area contributed by atoms with Crippen molar-refractivity contribution in [1.29, 1.82) is 0 Å². The van der Waals surface area contributed by atoms with Crippen LogP contribution in [0.25, 0.3) is 0 Å². The number of carboxylic acid groups (broad SMARTS) is 1. The number of nitrogens with two attached hydrogens (primary N) is 5. The molecule has 0 aromatic carbocycles. The van der Waals surface area contributed by atoms with Crippen molar-refractivity contribution in [1.82, 2.24) is 16.0 Å². The highest BCUT2D eigenvalue weighted by molar-refractivity contribution is 5.94. The Balaban J connectivity index is 5.36. The van der Waals surface area contributed by atoms with E-state index in [0.29, 0.717) is 12.8 Å². The van der Waals surface area contributed by atoms with Crippen LogP contribution in [0.15, 0.2) is 9.98 Å². The molecule has 0 aliphatic rings. The van der Waals surface area contributed by atoms with Gasteiger partial charge in [-0.15, -0.1) is 0 Å². The fourth-order valence-electron chi connectivity index (χ4n) is 3.28. The largest absolute Gasteiger partial charge is 0.480 e. The maximum Gasteiger partial charge on any atom is 0.326 e. The fourth-order valence-corrected chi connectivity index (χ4v) is 3.28. The quantitative estimate of drug-likeness (QED) is 0.0456. The number of aliphatic imine (C=N–C) groups is 2. The van der Waals surface area contributed by atoms with E-state index >= 15 is 0 Å². The van der Waals surface area contributed by atoms with E-state index < -0.39 is 59.9 Å². The van der Waals surface area contributed by atoms with Crippen molar-refractivity contribution >= 4 is 35.6 Å². The lowest BCUT2D eigenvalue weighted by Gasteiger charge is -2.29. The molecule has 16 nitrogen and oxygen atoms in total. The first-order valence-corrected chi connectivity index (χ1v) is 12.4. The van der Waals surface area contributed by atoms with Gasteiger partial charge in [0.2, 0.25) is 17.7 Å². The minimum Gasteiger partial charge on any atom is -0.480 e. The van der Waals surface area contributed by atoms with Gasteiger partial charge in [-0.1, -0.05) is 20.3 Å². The van der Waals surface area contributed by atoms with Crippen LogP contribution in [0.1, 0.15) is 52.9 Å². The van der Waals surface area contributed by atoms with Crippen molar-refractivity contribution in [3.63, 3.8) is 0 Å². The number of amides is 3. The van der Waals surface area contributed by atoms with Crippen LogP contribution in [-0.4, -0.2) is 89.2 Å². The van der Waals surface area contributed by atoms with Crippen molar-refractivity contribution in [2.24, 2.45) is 44.6 Å². The molecule has 6 unspecified atom stereocenters. The van der Waals surface area contributed by atoms with Gasteiger partial charge < -0.3 is 54.8 Å². The summed E-state index contributed by atoms with van der Waals surface area (Å²) in [4.78, 5) is 57.7. The number of carbonyl (C=O) groups is 4. The third-order valence-corrected chi connectivity index (χ3v) is 5.72. The van der Waals surface area contributed by atoms with Crippen LogP contribution in [0.2, 0.25) is 0 Å². The van der Waals surface area contributed by atoms with E-state index in [-0.39, 0.29) is 44.3 Å². The predicted molar refractivity (Wildman–Crippen MR) is 142 cm³/mol.